The fourth-order valence-corrected chi connectivity index (χ4v) is 3.45. The van der Waals surface area contributed by atoms with E-state index in [9.17, 15) is 14.7 Å². The highest BCUT2D eigenvalue weighted by Gasteiger charge is 2.33. The Morgan fingerprint density at radius 3 is 2.81 bits per heavy atom. The molecule has 0 spiro atoms. The SMILES string of the molecule is CCOc1cc([C@H]2NC(=O)NC(C)=C2C(=O)OCc2ccc3c(c2)OCO3)ccc1O. The number of allylic oxidation sites excluding steroid dienone is 1. The van der Waals surface area contributed by atoms with Crippen LogP contribution in [0.25, 0.3) is 0 Å². The number of phenols is 1. The molecular formula is C22H22N2O7. The minimum absolute atomic E-state index is 0.0205. The first-order chi connectivity index (χ1) is 15.0. The molecule has 2 aromatic rings. The highest BCUT2D eigenvalue weighted by molar-refractivity contribution is 5.95. The number of aromatic hydroxyl groups is 1. The zero-order valence-corrected chi connectivity index (χ0v) is 17.1. The predicted molar refractivity (Wildman–Crippen MR) is 109 cm³/mol. The van der Waals surface area contributed by atoms with E-state index >= 15 is 0 Å². The van der Waals surface area contributed by atoms with Crippen molar-refractivity contribution in [1.29, 1.82) is 0 Å². The molecule has 0 aromatic heterocycles. The zero-order valence-electron chi connectivity index (χ0n) is 17.1. The van der Waals surface area contributed by atoms with Crippen molar-refractivity contribution in [3.05, 3.63) is 58.8 Å². The van der Waals surface area contributed by atoms with Crippen molar-refractivity contribution in [2.75, 3.05) is 13.4 Å². The summed E-state index contributed by atoms with van der Waals surface area (Å²) in [5, 5.41) is 15.3. The normalized spacial score (nSPS) is 17.1. The quantitative estimate of drug-likeness (QED) is 0.609. The number of ether oxygens (including phenoxy) is 4. The van der Waals surface area contributed by atoms with Gasteiger partial charge in [0.05, 0.1) is 18.2 Å². The monoisotopic (exact) mass is 426 g/mol. The van der Waals surface area contributed by atoms with Gasteiger partial charge in [0.25, 0.3) is 0 Å². The van der Waals surface area contributed by atoms with E-state index in [1.54, 1.807) is 44.2 Å². The molecule has 2 aliphatic heterocycles. The lowest BCUT2D eigenvalue weighted by Gasteiger charge is -2.28. The van der Waals surface area contributed by atoms with Gasteiger partial charge in [0.1, 0.15) is 6.61 Å². The zero-order chi connectivity index (χ0) is 22.0. The van der Waals surface area contributed by atoms with Crippen LogP contribution in [0.5, 0.6) is 23.0 Å². The van der Waals surface area contributed by atoms with Crippen LogP contribution in [0.2, 0.25) is 0 Å². The average molecular weight is 426 g/mol. The maximum atomic E-state index is 13.0. The molecule has 2 amide bonds. The molecule has 3 N–H and O–H groups in total. The number of hydrogen-bond donors (Lipinski definition) is 3. The molecule has 9 nitrogen and oxygen atoms in total. The maximum Gasteiger partial charge on any atom is 0.338 e. The lowest BCUT2D eigenvalue weighted by molar-refractivity contribution is -0.140. The van der Waals surface area contributed by atoms with Gasteiger partial charge in [0, 0.05) is 5.70 Å². The van der Waals surface area contributed by atoms with Gasteiger partial charge in [-0.25, -0.2) is 9.59 Å². The molecule has 0 saturated carbocycles. The summed E-state index contributed by atoms with van der Waals surface area (Å²) in [6.07, 6.45) is 0. The predicted octanol–water partition coefficient (Wildman–Crippen LogP) is 2.89. The molecule has 31 heavy (non-hydrogen) atoms. The lowest BCUT2D eigenvalue weighted by atomic mass is 9.95. The van der Waals surface area contributed by atoms with Crippen molar-refractivity contribution < 1.29 is 33.6 Å². The third-order valence-corrected chi connectivity index (χ3v) is 4.91. The van der Waals surface area contributed by atoms with E-state index in [0.717, 1.165) is 5.56 Å². The second-order valence-electron chi connectivity index (χ2n) is 6.99. The first kappa shape index (κ1) is 20.4. The number of nitrogens with one attached hydrogen (secondary N) is 2. The number of hydrogen-bond acceptors (Lipinski definition) is 7. The van der Waals surface area contributed by atoms with Gasteiger partial charge in [-0.05, 0) is 49.2 Å². The largest absolute Gasteiger partial charge is 0.504 e. The Labute approximate surface area is 178 Å². The summed E-state index contributed by atoms with van der Waals surface area (Å²) >= 11 is 0. The summed E-state index contributed by atoms with van der Waals surface area (Å²) in [6, 6.07) is 8.75. The molecule has 0 unspecified atom stereocenters. The third-order valence-electron chi connectivity index (χ3n) is 4.91. The number of amides is 2. The number of esters is 1. The van der Waals surface area contributed by atoms with Gasteiger partial charge >= 0.3 is 12.0 Å². The molecule has 0 fully saturated rings. The molecule has 162 valence electrons. The molecule has 0 bridgehead atoms. The van der Waals surface area contributed by atoms with E-state index in [-0.39, 0.29) is 30.5 Å². The van der Waals surface area contributed by atoms with E-state index in [0.29, 0.717) is 29.4 Å². The van der Waals surface area contributed by atoms with Crippen LogP contribution in [0.3, 0.4) is 0 Å². The summed E-state index contributed by atoms with van der Waals surface area (Å²) in [5.41, 5.74) is 1.96. The number of carbonyl (C=O) groups excluding carboxylic acids is 2. The smallest absolute Gasteiger partial charge is 0.338 e. The summed E-state index contributed by atoms with van der Waals surface area (Å²) in [7, 11) is 0. The highest BCUT2D eigenvalue weighted by Crippen LogP contribution is 2.35. The van der Waals surface area contributed by atoms with Crippen LogP contribution in [0.15, 0.2) is 47.7 Å². The van der Waals surface area contributed by atoms with Crippen LogP contribution in [0.1, 0.15) is 31.0 Å². The minimum Gasteiger partial charge on any atom is -0.504 e. The van der Waals surface area contributed by atoms with Crippen molar-refractivity contribution in [3.63, 3.8) is 0 Å². The standard InChI is InChI=1S/C22H22N2O7/c1-3-28-17-9-14(5-6-15(17)25)20-19(12(2)23-22(27)24-20)21(26)29-10-13-4-7-16-18(8-13)31-11-30-16/h4-9,20,25H,3,10-11H2,1-2H3,(H2,23,24,27)/t20-/m1/s1. The number of fused-ring (bicyclic) bond motifs is 1. The Bertz CT molecular complexity index is 1060. The van der Waals surface area contributed by atoms with Crippen LogP contribution >= 0.6 is 0 Å². The van der Waals surface area contributed by atoms with Gasteiger partial charge in [-0.2, -0.15) is 0 Å². The number of phenolic OH excluding ortho intramolecular Hbond substituents is 1. The Morgan fingerprint density at radius 1 is 1.19 bits per heavy atom. The lowest BCUT2D eigenvalue weighted by Crippen LogP contribution is -2.45. The van der Waals surface area contributed by atoms with Crippen molar-refractivity contribution in [1.82, 2.24) is 10.6 Å². The topological polar surface area (TPSA) is 115 Å². The summed E-state index contributed by atoms with van der Waals surface area (Å²) in [4.78, 5) is 25.1. The van der Waals surface area contributed by atoms with Gasteiger partial charge in [-0.1, -0.05) is 12.1 Å². The summed E-state index contributed by atoms with van der Waals surface area (Å²) in [6.45, 7) is 3.96. The Balaban J connectivity index is 1.56. The summed E-state index contributed by atoms with van der Waals surface area (Å²) < 4.78 is 21.6. The maximum absolute atomic E-state index is 13.0. The Kier molecular flexibility index (Phi) is 5.57. The van der Waals surface area contributed by atoms with Gasteiger partial charge in [0.15, 0.2) is 23.0 Å². The third kappa shape index (κ3) is 4.20. The molecule has 2 aliphatic rings. The second kappa shape index (κ2) is 8.47. The minimum atomic E-state index is -0.766. The van der Waals surface area contributed by atoms with E-state index in [1.807, 2.05) is 0 Å². The average Bonchev–Trinajstić information content (AvgIpc) is 3.21. The summed E-state index contributed by atoms with van der Waals surface area (Å²) in [5.74, 6) is 0.891. The van der Waals surface area contributed by atoms with E-state index < -0.39 is 18.0 Å². The van der Waals surface area contributed by atoms with Crippen LogP contribution in [0.4, 0.5) is 4.79 Å². The van der Waals surface area contributed by atoms with Crippen molar-refractivity contribution in [2.45, 2.75) is 26.5 Å². The van der Waals surface area contributed by atoms with Crippen LogP contribution in [-0.4, -0.2) is 30.5 Å². The number of rotatable bonds is 6. The molecule has 2 aromatic carbocycles. The molecule has 1 atom stereocenters. The van der Waals surface area contributed by atoms with E-state index in [2.05, 4.69) is 10.6 Å². The molecule has 0 aliphatic carbocycles. The molecule has 9 heteroatoms. The van der Waals surface area contributed by atoms with Crippen LogP contribution in [-0.2, 0) is 16.1 Å². The Hall–Kier alpha value is -3.88. The van der Waals surface area contributed by atoms with Crippen LogP contribution < -0.4 is 24.8 Å². The van der Waals surface area contributed by atoms with Crippen molar-refractivity contribution in [3.8, 4) is 23.0 Å². The van der Waals surface area contributed by atoms with Crippen LogP contribution in [0, 0.1) is 0 Å². The van der Waals surface area contributed by atoms with Gasteiger partial charge in [-0.3, -0.25) is 0 Å². The van der Waals surface area contributed by atoms with Crippen molar-refractivity contribution >= 4 is 12.0 Å². The molecule has 0 saturated heterocycles. The van der Waals surface area contributed by atoms with Gasteiger partial charge in [0.2, 0.25) is 6.79 Å². The molecule has 4 rings (SSSR count). The highest BCUT2D eigenvalue weighted by atomic mass is 16.7. The van der Waals surface area contributed by atoms with E-state index in [4.69, 9.17) is 18.9 Å². The Morgan fingerprint density at radius 2 is 2.00 bits per heavy atom. The van der Waals surface area contributed by atoms with Gasteiger partial charge < -0.3 is 34.7 Å². The molecule has 2 heterocycles. The molecule has 0 radical (unpaired) electrons. The number of carbonyl (C=O) groups is 2. The number of benzene rings is 2. The fourth-order valence-electron chi connectivity index (χ4n) is 3.45. The number of urea groups is 1. The molecular weight excluding hydrogens is 404 g/mol. The first-order valence-corrected chi connectivity index (χ1v) is 9.76. The first-order valence-electron chi connectivity index (χ1n) is 9.76. The second-order valence-corrected chi connectivity index (χ2v) is 6.99. The van der Waals surface area contributed by atoms with Crippen molar-refractivity contribution in [2.24, 2.45) is 0 Å². The van der Waals surface area contributed by atoms with E-state index in [1.165, 1.54) is 6.07 Å². The van der Waals surface area contributed by atoms with Gasteiger partial charge in [-0.15, -0.1) is 0 Å². The fraction of sp³-hybridized carbons (Fsp3) is 0.273.